The van der Waals surface area contributed by atoms with E-state index in [4.69, 9.17) is 5.84 Å². The van der Waals surface area contributed by atoms with Crippen LogP contribution in [0.25, 0.3) is 0 Å². The quantitative estimate of drug-likeness (QED) is 0.597. The van der Waals surface area contributed by atoms with Crippen LogP contribution in [0.5, 0.6) is 5.75 Å². The average Bonchev–Trinajstić information content (AvgIpc) is 2.36. The van der Waals surface area contributed by atoms with Gasteiger partial charge in [0.1, 0.15) is 5.75 Å². The summed E-state index contributed by atoms with van der Waals surface area (Å²) in [4.78, 5) is 0. The number of hydrogen-bond donors (Lipinski definition) is 2. The Balaban J connectivity index is 2.64. The van der Waals surface area contributed by atoms with Crippen molar-refractivity contribution in [1.82, 2.24) is 5.43 Å². The largest absolute Gasteiger partial charge is 0.573 e. The molecule has 1 rings (SSSR count). The molecule has 3 N–H and O–H groups in total. The topological polar surface area (TPSA) is 47.3 Å². The smallest absolute Gasteiger partial charge is 0.406 e. The molecule has 0 radical (unpaired) electrons. The molecular weight excluding hydrogens is 269 g/mol. The molecule has 0 heterocycles. The zero-order valence-electron chi connectivity index (χ0n) is 11.7. The molecule has 0 bridgehead atoms. The van der Waals surface area contributed by atoms with Crippen LogP contribution in [0.2, 0.25) is 0 Å². The summed E-state index contributed by atoms with van der Waals surface area (Å²) >= 11 is 0. The zero-order valence-corrected chi connectivity index (χ0v) is 11.7. The van der Waals surface area contributed by atoms with E-state index in [1.807, 2.05) is 0 Å². The van der Waals surface area contributed by atoms with Gasteiger partial charge in [-0.3, -0.25) is 11.3 Å². The Morgan fingerprint density at radius 2 is 1.85 bits per heavy atom. The van der Waals surface area contributed by atoms with Crippen molar-refractivity contribution in [3.8, 4) is 5.75 Å². The molecule has 1 aromatic rings. The van der Waals surface area contributed by atoms with Crippen LogP contribution in [-0.4, -0.2) is 12.4 Å². The van der Waals surface area contributed by atoms with Crippen molar-refractivity contribution in [1.29, 1.82) is 0 Å². The maximum atomic E-state index is 12.0. The zero-order chi connectivity index (χ0) is 15.2. The number of hydrogen-bond acceptors (Lipinski definition) is 3. The number of nitrogens with one attached hydrogen (secondary N) is 1. The molecule has 3 nitrogen and oxygen atoms in total. The number of hydrazine groups is 1. The van der Waals surface area contributed by atoms with E-state index in [9.17, 15) is 13.2 Å². The van der Waals surface area contributed by atoms with Gasteiger partial charge in [-0.05, 0) is 36.5 Å². The Morgan fingerprint density at radius 1 is 1.25 bits per heavy atom. The van der Waals surface area contributed by atoms with Gasteiger partial charge in [0.15, 0.2) is 0 Å². The molecule has 2 atom stereocenters. The minimum atomic E-state index is -4.65. The summed E-state index contributed by atoms with van der Waals surface area (Å²) in [6.45, 7) is 4.21. The number of ether oxygens (including phenoxy) is 1. The van der Waals surface area contributed by atoms with E-state index < -0.39 is 6.36 Å². The summed E-state index contributed by atoms with van der Waals surface area (Å²) in [5.74, 6) is 5.73. The fraction of sp³-hybridized carbons (Fsp3) is 0.571. The standard InChI is InChI=1S/C14H21F3N2O/c1-3-4-10(2)13(19-18)9-11-5-7-12(8-6-11)20-14(15,16)17/h5-8,10,13,19H,3-4,9,18H2,1-2H3. The molecule has 0 aromatic heterocycles. The van der Waals surface area contributed by atoms with Crippen molar-refractivity contribution >= 4 is 0 Å². The van der Waals surface area contributed by atoms with Crippen LogP contribution in [0.15, 0.2) is 24.3 Å². The van der Waals surface area contributed by atoms with Crippen molar-refractivity contribution in [3.05, 3.63) is 29.8 Å². The molecule has 114 valence electrons. The van der Waals surface area contributed by atoms with Crippen LogP contribution in [0.3, 0.4) is 0 Å². The predicted molar refractivity (Wildman–Crippen MR) is 72.0 cm³/mol. The fourth-order valence-electron chi connectivity index (χ4n) is 2.16. The Hall–Kier alpha value is -1.27. The Kier molecular flexibility index (Phi) is 6.29. The summed E-state index contributed by atoms with van der Waals surface area (Å²) in [6, 6.07) is 6.00. The first-order valence-corrected chi connectivity index (χ1v) is 6.66. The summed E-state index contributed by atoms with van der Waals surface area (Å²) in [5, 5.41) is 0. The molecule has 2 unspecified atom stereocenters. The molecule has 0 aliphatic heterocycles. The Labute approximate surface area is 117 Å². The summed E-state index contributed by atoms with van der Waals surface area (Å²) in [6.07, 6.45) is -1.87. The number of nitrogens with two attached hydrogens (primary N) is 1. The van der Waals surface area contributed by atoms with E-state index in [-0.39, 0.29) is 11.8 Å². The van der Waals surface area contributed by atoms with E-state index in [2.05, 4.69) is 24.0 Å². The van der Waals surface area contributed by atoms with Crippen LogP contribution in [0.4, 0.5) is 13.2 Å². The molecule has 1 aromatic carbocycles. The monoisotopic (exact) mass is 290 g/mol. The molecule has 0 spiro atoms. The van der Waals surface area contributed by atoms with E-state index in [1.165, 1.54) is 12.1 Å². The van der Waals surface area contributed by atoms with Gasteiger partial charge in [-0.25, -0.2) is 0 Å². The van der Waals surface area contributed by atoms with Crippen LogP contribution in [0, 0.1) is 5.92 Å². The van der Waals surface area contributed by atoms with Gasteiger partial charge in [-0.15, -0.1) is 13.2 Å². The van der Waals surface area contributed by atoms with Gasteiger partial charge >= 0.3 is 6.36 Å². The second kappa shape index (κ2) is 7.50. The molecule has 0 fully saturated rings. The maximum absolute atomic E-state index is 12.0. The minimum Gasteiger partial charge on any atom is -0.406 e. The van der Waals surface area contributed by atoms with Gasteiger partial charge < -0.3 is 4.74 Å². The maximum Gasteiger partial charge on any atom is 0.573 e. The molecule has 0 aliphatic carbocycles. The van der Waals surface area contributed by atoms with Crippen molar-refractivity contribution in [2.24, 2.45) is 11.8 Å². The third kappa shape index (κ3) is 5.79. The highest BCUT2D eigenvalue weighted by Crippen LogP contribution is 2.23. The Morgan fingerprint density at radius 3 is 2.30 bits per heavy atom. The van der Waals surface area contributed by atoms with E-state index in [1.54, 1.807) is 12.1 Å². The number of rotatable bonds is 7. The molecule has 0 saturated carbocycles. The summed E-state index contributed by atoms with van der Waals surface area (Å²) in [7, 11) is 0. The molecule has 0 aliphatic rings. The average molecular weight is 290 g/mol. The first-order chi connectivity index (χ1) is 9.35. The van der Waals surface area contributed by atoms with Gasteiger partial charge in [0.2, 0.25) is 0 Å². The lowest BCUT2D eigenvalue weighted by molar-refractivity contribution is -0.274. The van der Waals surface area contributed by atoms with Crippen LogP contribution in [-0.2, 0) is 6.42 Å². The van der Waals surface area contributed by atoms with Crippen LogP contribution < -0.4 is 16.0 Å². The van der Waals surface area contributed by atoms with Gasteiger partial charge in [0.25, 0.3) is 0 Å². The highest BCUT2D eigenvalue weighted by molar-refractivity contribution is 5.28. The van der Waals surface area contributed by atoms with E-state index in [0.29, 0.717) is 12.3 Å². The first kappa shape index (κ1) is 16.8. The van der Waals surface area contributed by atoms with Gasteiger partial charge in [-0.1, -0.05) is 32.4 Å². The van der Waals surface area contributed by atoms with Crippen LogP contribution in [0.1, 0.15) is 32.3 Å². The third-order valence-corrected chi connectivity index (χ3v) is 3.26. The number of benzene rings is 1. The third-order valence-electron chi connectivity index (χ3n) is 3.26. The molecule has 0 amide bonds. The predicted octanol–water partition coefficient (Wildman–Crippen LogP) is 3.40. The number of halogens is 3. The van der Waals surface area contributed by atoms with Crippen molar-refractivity contribution in [2.45, 2.75) is 45.5 Å². The molecule has 6 heteroatoms. The molecular formula is C14H21F3N2O. The van der Waals surface area contributed by atoms with Crippen molar-refractivity contribution in [3.63, 3.8) is 0 Å². The van der Waals surface area contributed by atoms with Crippen molar-refractivity contribution in [2.75, 3.05) is 0 Å². The second-order valence-corrected chi connectivity index (χ2v) is 4.93. The van der Waals surface area contributed by atoms with Gasteiger partial charge in [0.05, 0.1) is 0 Å². The normalized spacial score (nSPS) is 14.9. The summed E-state index contributed by atoms with van der Waals surface area (Å²) < 4.78 is 40.0. The highest BCUT2D eigenvalue weighted by Gasteiger charge is 2.31. The van der Waals surface area contributed by atoms with E-state index >= 15 is 0 Å². The van der Waals surface area contributed by atoms with Crippen molar-refractivity contribution < 1.29 is 17.9 Å². The highest BCUT2D eigenvalue weighted by atomic mass is 19.4. The van der Waals surface area contributed by atoms with Gasteiger partial charge in [-0.2, -0.15) is 0 Å². The van der Waals surface area contributed by atoms with E-state index in [0.717, 1.165) is 18.4 Å². The first-order valence-electron chi connectivity index (χ1n) is 6.66. The molecule has 20 heavy (non-hydrogen) atoms. The summed E-state index contributed by atoms with van der Waals surface area (Å²) in [5.41, 5.74) is 3.70. The second-order valence-electron chi connectivity index (χ2n) is 4.93. The minimum absolute atomic E-state index is 0.101. The lowest BCUT2D eigenvalue weighted by Gasteiger charge is -2.23. The number of alkyl halides is 3. The van der Waals surface area contributed by atoms with Gasteiger partial charge in [0, 0.05) is 6.04 Å². The molecule has 0 saturated heterocycles. The lowest BCUT2D eigenvalue weighted by atomic mass is 9.92. The Bertz CT molecular complexity index is 392. The van der Waals surface area contributed by atoms with Crippen LogP contribution >= 0.6 is 0 Å². The SMILES string of the molecule is CCCC(C)C(Cc1ccc(OC(F)(F)F)cc1)NN. The lowest BCUT2D eigenvalue weighted by Crippen LogP contribution is -2.41. The fourth-order valence-corrected chi connectivity index (χ4v) is 2.16.